The van der Waals surface area contributed by atoms with Crippen molar-refractivity contribution in [3.8, 4) is 11.1 Å². The number of amides is 1. The van der Waals surface area contributed by atoms with Gasteiger partial charge in [-0.3, -0.25) is 4.79 Å². The van der Waals surface area contributed by atoms with Crippen molar-refractivity contribution in [2.45, 2.75) is 40.7 Å². The molecule has 6 heteroatoms. The molecular weight excluding hydrogens is 401 g/mol. The number of thiophene rings is 1. The second kappa shape index (κ2) is 8.79. The first-order valence-electron chi connectivity index (χ1n) is 9.67. The molecule has 0 radical (unpaired) electrons. The van der Waals surface area contributed by atoms with Gasteiger partial charge in [0.2, 0.25) is 0 Å². The van der Waals surface area contributed by atoms with Crippen molar-refractivity contribution < 1.29 is 18.7 Å². The fraction of sp³-hybridized carbons (Fsp3) is 0.250. The highest BCUT2D eigenvalue weighted by molar-refractivity contribution is 7.17. The summed E-state index contributed by atoms with van der Waals surface area (Å²) in [5, 5.41) is 3.07. The number of anilines is 1. The smallest absolute Gasteiger partial charge is 0.342 e. The van der Waals surface area contributed by atoms with Gasteiger partial charge >= 0.3 is 5.97 Å². The molecule has 1 aromatic heterocycles. The number of nitrogens with one attached hydrogen (secondary N) is 1. The number of hydrogen-bond acceptors (Lipinski definition) is 4. The molecular formula is C24H24FNO3S. The highest BCUT2D eigenvalue weighted by atomic mass is 32.1. The molecule has 2 aromatic carbocycles. The van der Waals surface area contributed by atoms with E-state index in [1.807, 2.05) is 39.0 Å². The normalized spacial score (nSPS) is 10.9. The molecule has 0 aliphatic heterocycles. The average Bonchev–Trinajstić information content (AvgIpc) is 2.99. The summed E-state index contributed by atoms with van der Waals surface area (Å²) in [5.74, 6) is -1.75. The Kier molecular flexibility index (Phi) is 6.37. The lowest BCUT2D eigenvalue weighted by Gasteiger charge is -2.14. The van der Waals surface area contributed by atoms with Crippen LogP contribution in [0.1, 0.15) is 50.6 Å². The highest BCUT2D eigenvalue weighted by Gasteiger charge is 2.27. The van der Waals surface area contributed by atoms with Crippen molar-refractivity contribution >= 4 is 28.2 Å². The zero-order valence-corrected chi connectivity index (χ0v) is 18.4. The van der Waals surface area contributed by atoms with E-state index in [1.54, 1.807) is 19.9 Å². The molecule has 1 N–H and O–H groups in total. The van der Waals surface area contributed by atoms with Crippen LogP contribution in [0.15, 0.2) is 42.5 Å². The van der Waals surface area contributed by atoms with Crippen LogP contribution >= 0.6 is 11.3 Å². The van der Waals surface area contributed by atoms with Crippen LogP contribution in [0.4, 0.5) is 9.39 Å². The molecule has 4 nitrogen and oxygen atoms in total. The summed E-state index contributed by atoms with van der Waals surface area (Å²) >= 11 is 1.28. The first-order chi connectivity index (χ1) is 14.2. The molecule has 0 aliphatic rings. The Balaban J connectivity index is 2.14. The maximum atomic E-state index is 14.1. The van der Waals surface area contributed by atoms with Gasteiger partial charge in [0.05, 0.1) is 11.7 Å². The molecule has 156 valence electrons. The monoisotopic (exact) mass is 425 g/mol. The van der Waals surface area contributed by atoms with E-state index in [2.05, 4.69) is 5.32 Å². The van der Waals surface area contributed by atoms with E-state index in [0.29, 0.717) is 10.6 Å². The van der Waals surface area contributed by atoms with Gasteiger partial charge < -0.3 is 10.1 Å². The number of ether oxygens (including phenoxy) is 1. The predicted octanol–water partition coefficient (Wildman–Crippen LogP) is 6.30. The van der Waals surface area contributed by atoms with E-state index in [-0.39, 0.29) is 11.7 Å². The van der Waals surface area contributed by atoms with E-state index in [1.165, 1.54) is 29.5 Å². The quantitative estimate of drug-likeness (QED) is 0.488. The fourth-order valence-corrected chi connectivity index (χ4v) is 4.30. The number of carbonyl (C=O) groups is 2. The molecule has 3 aromatic rings. The minimum atomic E-state index is -0.621. The summed E-state index contributed by atoms with van der Waals surface area (Å²) in [6, 6.07) is 11.8. The SMILES string of the molecule is Cc1ccc(C)c(-c2c(C)sc(NC(=O)c3ccccc3F)c2C(=O)OC(C)C)c1. The summed E-state index contributed by atoms with van der Waals surface area (Å²) < 4.78 is 19.5. The van der Waals surface area contributed by atoms with Crippen LogP contribution in [-0.2, 0) is 4.74 Å². The zero-order chi connectivity index (χ0) is 22.0. The van der Waals surface area contributed by atoms with Crippen molar-refractivity contribution in [3.63, 3.8) is 0 Å². The van der Waals surface area contributed by atoms with E-state index < -0.39 is 17.7 Å². The molecule has 0 unspecified atom stereocenters. The third-order valence-corrected chi connectivity index (χ3v) is 5.66. The summed E-state index contributed by atoms with van der Waals surface area (Å²) in [4.78, 5) is 26.6. The van der Waals surface area contributed by atoms with Crippen LogP contribution < -0.4 is 5.32 Å². The third kappa shape index (κ3) is 4.44. The molecule has 0 saturated heterocycles. The van der Waals surface area contributed by atoms with Gasteiger partial charge in [-0.05, 0) is 57.9 Å². The molecule has 3 rings (SSSR count). The van der Waals surface area contributed by atoms with Crippen LogP contribution in [0.25, 0.3) is 11.1 Å². The molecule has 0 spiro atoms. The summed E-state index contributed by atoms with van der Waals surface area (Å²) in [6.07, 6.45) is -0.320. The number of rotatable bonds is 5. The van der Waals surface area contributed by atoms with Crippen molar-refractivity contribution in [1.82, 2.24) is 0 Å². The number of benzene rings is 2. The van der Waals surface area contributed by atoms with Gasteiger partial charge in [0.25, 0.3) is 5.91 Å². The second-order valence-electron chi connectivity index (χ2n) is 7.44. The Morgan fingerprint density at radius 3 is 2.43 bits per heavy atom. The summed E-state index contributed by atoms with van der Waals surface area (Å²) in [6.45, 7) is 9.39. The molecule has 0 aliphatic carbocycles. The van der Waals surface area contributed by atoms with Crippen molar-refractivity contribution in [2.75, 3.05) is 5.32 Å². The maximum absolute atomic E-state index is 14.1. The largest absolute Gasteiger partial charge is 0.459 e. The fourth-order valence-electron chi connectivity index (χ4n) is 3.25. The minimum absolute atomic E-state index is 0.0833. The van der Waals surface area contributed by atoms with Gasteiger partial charge in [-0.1, -0.05) is 35.9 Å². The molecule has 30 heavy (non-hydrogen) atoms. The Labute approximate surface area is 179 Å². The molecule has 0 atom stereocenters. The Bertz CT molecular complexity index is 1120. The van der Waals surface area contributed by atoms with E-state index >= 15 is 0 Å². The molecule has 0 saturated carbocycles. The summed E-state index contributed by atoms with van der Waals surface area (Å²) in [7, 11) is 0. The average molecular weight is 426 g/mol. The molecule has 0 bridgehead atoms. The lowest BCUT2D eigenvalue weighted by Crippen LogP contribution is -2.17. The van der Waals surface area contributed by atoms with Crippen molar-refractivity contribution in [1.29, 1.82) is 0 Å². The lowest BCUT2D eigenvalue weighted by atomic mass is 9.95. The van der Waals surface area contributed by atoms with Gasteiger partial charge in [-0.15, -0.1) is 11.3 Å². The predicted molar refractivity (Wildman–Crippen MR) is 119 cm³/mol. The molecule has 1 heterocycles. The second-order valence-corrected chi connectivity index (χ2v) is 8.67. The lowest BCUT2D eigenvalue weighted by molar-refractivity contribution is 0.0380. The Hall–Kier alpha value is -2.99. The van der Waals surface area contributed by atoms with Crippen molar-refractivity contribution in [3.05, 3.63) is 75.4 Å². The Morgan fingerprint density at radius 1 is 1.07 bits per heavy atom. The number of esters is 1. The topological polar surface area (TPSA) is 55.4 Å². The number of carbonyl (C=O) groups excluding carboxylic acids is 2. The van der Waals surface area contributed by atoms with Gasteiger partial charge in [0, 0.05) is 10.4 Å². The Morgan fingerprint density at radius 2 is 1.77 bits per heavy atom. The van der Waals surface area contributed by atoms with E-state index in [9.17, 15) is 14.0 Å². The first kappa shape index (κ1) is 21.7. The van der Waals surface area contributed by atoms with E-state index in [0.717, 1.165) is 27.1 Å². The first-order valence-corrected chi connectivity index (χ1v) is 10.5. The minimum Gasteiger partial charge on any atom is -0.459 e. The van der Waals surface area contributed by atoms with Crippen LogP contribution in [0.3, 0.4) is 0 Å². The van der Waals surface area contributed by atoms with Gasteiger partial charge in [-0.25, -0.2) is 9.18 Å². The standard InChI is InChI=1S/C24H24FNO3S/c1-13(2)29-24(28)21-20(18-12-14(3)10-11-15(18)4)16(5)30-23(21)26-22(27)17-8-6-7-9-19(17)25/h6-13H,1-5H3,(H,26,27). The number of hydrogen-bond donors (Lipinski definition) is 1. The van der Waals surface area contributed by atoms with Crippen LogP contribution in [0, 0.1) is 26.6 Å². The number of halogens is 1. The molecule has 0 fully saturated rings. The van der Waals surface area contributed by atoms with Crippen molar-refractivity contribution in [2.24, 2.45) is 0 Å². The number of aryl methyl sites for hydroxylation is 3. The van der Waals surface area contributed by atoms with Crippen LogP contribution in [0.2, 0.25) is 0 Å². The van der Waals surface area contributed by atoms with Gasteiger partial charge in [-0.2, -0.15) is 0 Å². The molecule has 1 amide bonds. The zero-order valence-electron chi connectivity index (χ0n) is 17.6. The third-order valence-electron chi connectivity index (χ3n) is 4.64. The van der Waals surface area contributed by atoms with Crippen LogP contribution in [-0.4, -0.2) is 18.0 Å². The maximum Gasteiger partial charge on any atom is 0.342 e. The summed E-state index contributed by atoms with van der Waals surface area (Å²) in [5.41, 5.74) is 3.92. The highest BCUT2D eigenvalue weighted by Crippen LogP contribution is 2.42. The van der Waals surface area contributed by atoms with Gasteiger partial charge in [0.1, 0.15) is 16.4 Å². The van der Waals surface area contributed by atoms with Crippen LogP contribution in [0.5, 0.6) is 0 Å². The van der Waals surface area contributed by atoms with Gasteiger partial charge in [0.15, 0.2) is 0 Å². The van der Waals surface area contributed by atoms with E-state index in [4.69, 9.17) is 4.74 Å².